The van der Waals surface area contributed by atoms with Gasteiger partial charge in [0.05, 0.1) is 27.6 Å². The zero-order valence-electron chi connectivity index (χ0n) is 22.7. The largest absolute Gasteiger partial charge is 0.573 e. The molecule has 2 unspecified atom stereocenters. The van der Waals surface area contributed by atoms with Gasteiger partial charge >= 0.3 is 6.36 Å². The predicted octanol–water partition coefficient (Wildman–Crippen LogP) is 7.19. The smallest absolute Gasteiger partial charge is 0.406 e. The molecule has 41 heavy (non-hydrogen) atoms. The maximum absolute atomic E-state index is 14.2. The first-order chi connectivity index (χ1) is 19.7. The van der Waals surface area contributed by atoms with Gasteiger partial charge in [0.25, 0.3) is 0 Å². The van der Waals surface area contributed by atoms with Crippen molar-refractivity contribution in [2.75, 3.05) is 10.8 Å². The lowest BCUT2D eigenvalue weighted by atomic mass is 9.93. The number of nitrogens with zero attached hydrogens (tertiary/aromatic N) is 2. The summed E-state index contributed by atoms with van der Waals surface area (Å²) in [6.07, 6.45) is -0.965. The van der Waals surface area contributed by atoms with Crippen molar-refractivity contribution >= 4 is 33.2 Å². The fourth-order valence-electron chi connectivity index (χ4n) is 5.30. The van der Waals surface area contributed by atoms with Crippen LogP contribution in [0.4, 0.5) is 24.5 Å². The van der Waals surface area contributed by atoms with Crippen LogP contribution in [0, 0.1) is 0 Å². The van der Waals surface area contributed by atoms with Crippen LogP contribution < -0.4 is 13.8 Å². The summed E-state index contributed by atoms with van der Waals surface area (Å²) >= 11 is 1.60. The summed E-state index contributed by atoms with van der Waals surface area (Å²) in [6, 6.07) is 21.1. The van der Waals surface area contributed by atoms with Crippen molar-refractivity contribution in [2.45, 2.75) is 74.1 Å². The number of aryl methyl sites for hydroxylation is 2. The summed E-state index contributed by atoms with van der Waals surface area (Å²) in [6.45, 7) is 2.21. The summed E-state index contributed by atoms with van der Waals surface area (Å²) < 4.78 is 65.8. The van der Waals surface area contributed by atoms with Crippen LogP contribution in [0.3, 0.4) is 0 Å². The van der Waals surface area contributed by atoms with E-state index in [0.29, 0.717) is 19.4 Å². The summed E-state index contributed by atoms with van der Waals surface area (Å²) in [5.41, 5.74) is 4.70. The minimum atomic E-state index is -4.82. The second-order valence-electron chi connectivity index (χ2n) is 10.2. The van der Waals surface area contributed by atoms with Crippen molar-refractivity contribution < 1.29 is 27.2 Å². The molecular formula is C30H34F3N3O3S2. The van der Waals surface area contributed by atoms with Crippen LogP contribution in [0.1, 0.15) is 43.7 Å². The third-order valence-corrected chi connectivity index (χ3v) is 10.8. The average Bonchev–Trinajstić information content (AvgIpc) is 3.11. The summed E-state index contributed by atoms with van der Waals surface area (Å²) in [7, 11) is -3.23. The fourth-order valence-corrected chi connectivity index (χ4v) is 8.72. The van der Waals surface area contributed by atoms with Crippen LogP contribution in [0.5, 0.6) is 5.75 Å². The molecule has 3 aromatic rings. The molecule has 0 aromatic heterocycles. The lowest BCUT2D eigenvalue weighted by Crippen LogP contribution is -2.50. The molecule has 5 rings (SSSR count). The van der Waals surface area contributed by atoms with E-state index in [4.69, 9.17) is 0 Å². The number of halogens is 3. The van der Waals surface area contributed by atoms with E-state index in [1.165, 1.54) is 23.3 Å². The molecule has 1 fully saturated rings. The third-order valence-electron chi connectivity index (χ3n) is 7.31. The van der Waals surface area contributed by atoms with Crippen LogP contribution in [0.15, 0.2) is 82.1 Å². The Bertz CT molecular complexity index is 1410. The van der Waals surface area contributed by atoms with Crippen molar-refractivity contribution in [1.82, 2.24) is 4.72 Å². The van der Waals surface area contributed by atoms with Gasteiger partial charge in [-0.2, -0.15) is 0 Å². The summed E-state index contributed by atoms with van der Waals surface area (Å²) in [5, 5.41) is 11.4. The number of alkyl halides is 3. The number of hydrogen-bond acceptors (Lipinski definition) is 6. The first-order valence-corrected chi connectivity index (χ1v) is 16.2. The number of ether oxygens (including phenoxy) is 1. The van der Waals surface area contributed by atoms with Gasteiger partial charge < -0.3 is 9.84 Å². The normalized spacial score (nSPS) is 22.2. The molecule has 0 bridgehead atoms. The highest BCUT2D eigenvalue weighted by molar-refractivity contribution is 8.01. The Balaban J connectivity index is 1.39. The van der Waals surface area contributed by atoms with E-state index in [1.807, 2.05) is 31.2 Å². The Morgan fingerprint density at radius 1 is 1.00 bits per heavy atom. The second kappa shape index (κ2) is 12.6. The molecule has 4 atom stereocenters. The second-order valence-corrected chi connectivity index (χ2v) is 13.4. The Hall–Kier alpha value is -2.73. The van der Waals surface area contributed by atoms with E-state index < -0.39 is 34.2 Å². The van der Waals surface area contributed by atoms with Crippen LogP contribution in [0.2, 0.25) is 0 Å². The van der Waals surface area contributed by atoms with E-state index in [9.17, 15) is 22.5 Å². The van der Waals surface area contributed by atoms with Gasteiger partial charge in [-0.05, 0) is 91.6 Å². The van der Waals surface area contributed by atoms with Gasteiger partial charge in [-0.1, -0.05) is 49.7 Å². The number of nitrogens with one attached hydrogen (secondary N) is 1. The van der Waals surface area contributed by atoms with E-state index >= 15 is 0 Å². The monoisotopic (exact) mass is 605 g/mol. The number of aliphatic hydroxyl groups excluding tert-OH is 1. The predicted molar refractivity (Wildman–Crippen MR) is 158 cm³/mol. The molecule has 220 valence electrons. The number of rotatable bonds is 8. The number of aliphatic hydroxyl groups is 1. The van der Waals surface area contributed by atoms with Gasteiger partial charge in [0.1, 0.15) is 15.7 Å². The molecule has 0 spiro atoms. The van der Waals surface area contributed by atoms with Gasteiger partial charge in [-0.15, -0.1) is 13.2 Å². The van der Waals surface area contributed by atoms with E-state index in [1.54, 1.807) is 11.9 Å². The molecule has 0 amide bonds. The lowest BCUT2D eigenvalue weighted by molar-refractivity contribution is -0.274. The van der Waals surface area contributed by atoms with Crippen molar-refractivity contribution in [3.63, 3.8) is 0 Å². The average molecular weight is 606 g/mol. The molecule has 1 aliphatic heterocycles. The maximum atomic E-state index is 14.2. The summed E-state index contributed by atoms with van der Waals surface area (Å²) in [4.78, 5) is 0.248. The summed E-state index contributed by atoms with van der Waals surface area (Å²) in [5.74, 6) is -0.398. The lowest BCUT2D eigenvalue weighted by Gasteiger charge is -2.38. The molecule has 2 aliphatic rings. The Morgan fingerprint density at radius 3 is 2.20 bits per heavy atom. The molecule has 1 saturated carbocycles. The zero-order valence-corrected chi connectivity index (χ0v) is 24.4. The standard InChI is InChI=1S/C30H34F3N3O3S2/c1-2-20-34-41(38,24-18-16-23(17-19-24)39-30(31,32)33)35-25-10-7-13-28(29(25)37)40-36-26-11-5-3-8-21(26)14-15-22-9-4-6-12-27(22)36/h3-6,8-9,11-12,16-19,25,28-29,37H,2,7,10,13-15,20H2,1H3,(H,34,35,38)/t25-,28?,29-,41?/m0/s1. The molecule has 3 aromatic carbocycles. The van der Waals surface area contributed by atoms with Crippen molar-refractivity contribution in [1.29, 1.82) is 0 Å². The highest BCUT2D eigenvalue weighted by atomic mass is 32.2. The molecule has 11 heteroatoms. The van der Waals surface area contributed by atoms with Gasteiger partial charge in [0.2, 0.25) is 0 Å². The minimum absolute atomic E-state index is 0.183. The number of anilines is 2. The topological polar surface area (TPSA) is 74.2 Å². The van der Waals surface area contributed by atoms with E-state index in [2.05, 4.69) is 42.4 Å². The van der Waals surface area contributed by atoms with Crippen LogP contribution in [-0.4, -0.2) is 39.6 Å². The fraction of sp³-hybridized carbons (Fsp3) is 0.400. The molecule has 2 N–H and O–H groups in total. The maximum Gasteiger partial charge on any atom is 0.573 e. The van der Waals surface area contributed by atoms with Crippen LogP contribution in [-0.2, 0) is 22.8 Å². The number of fused-ring (bicyclic) bond motifs is 2. The Kier molecular flexibility index (Phi) is 9.18. The highest BCUT2D eigenvalue weighted by Crippen LogP contribution is 2.44. The van der Waals surface area contributed by atoms with E-state index in [-0.39, 0.29) is 10.1 Å². The quantitative estimate of drug-likeness (QED) is 0.266. The molecule has 6 nitrogen and oxygen atoms in total. The molecular weight excluding hydrogens is 571 g/mol. The first kappa shape index (κ1) is 29.8. The Morgan fingerprint density at radius 2 is 1.61 bits per heavy atom. The third kappa shape index (κ3) is 7.02. The van der Waals surface area contributed by atoms with Crippen molar-refractivity contribution in [3.8, 4) is 5.75 Å². The SMILES string of the molecule is CCCN=S(=O)(N[C@H]1CCCC(SN2c3ccccc3CCc3ccccc32)[C@H]1O)c1ccc(OC(F)(F)F)cc1. The number of benzene rings is 3. The van der Waals surface area contributed by atoms with Crippen molar-refractivity contribution in [2.24, 2.45) is 4.36 Å². The number of hydrogen-bond donors (Lipinski definition) is 2. The molecule has 1 aliphatic carbocycles. The van der Waals surface area contributed by atoms with Gasteiger partial charge in [0.15, 0.2) is 0 Å². The van der Waals surface area contributed by atoms with Crippen molar-refractivity contribution in [3.05, 3.63) is 83.9 Å². The van der Waals surface area contributed by atoms with Gasteiger partial charge in [-0.25, -0.2) is 13.3 Å². The molecule has 0 radical (unpaired) electrons. The minimum Gasteiger partial charge on any atom is -0.406 e. The molecule has 0 saturated heterocycles. The van der Waals surface area contributed by atoms with Crippen LogP contribution >= 0.6 is 11.9 Å². The molecule has 1 heterocycles. The Labute approximate surface area is 243 Å². The highest BCUT2D eigenvalue weighted by Gasteiger charge is 2.37. The van der Waals surface area contributed by atoms with Gasteiger partial charge in [0, 0.05) is 12.6 Å². The number of para-hydroxylation sites is 2. The first-order valence-electron chi connectivity index (χ1n) is 13.8. The van der Waals surface area contributed by atoms with Gasteiger partial charge in [-0.3, -0.25) is 4.31 Å². The zero-order chi connectivity index (χ0) is 29.0. The van der Waals surface area contributed by atoms with E-state index in [0.717, 1.165) is 49.2 Å². The van der Waals surface area contributed by atoms with Crippen LogP contribution in [0.25, 0.3) is 0 Å².